The molecule has 0 radical (unpaired) electrons. The third-order valence-electron chi connectivity index (χ3n) is 4.25. The molecule has 0 bridgehead atoms. The fourth-order valence-electron chi connectivity index (χ4n) is 2.90. The van der Waals surface area contributed by atoms with Crippen molar-refractivity contribution in [2.24, 2.45) is 0 Å². The van der Waals surface area contributed by atoms with E-state index in [-0.39, 0.29) is 15.8 Å². The highest BCUT2D eigenvalue weighted by atomic mass is 28.2. The van der Waals surface area contributed by atoms with Gasteiger partial charge in [0.1, 0.15) is 0 Å². The summed E-state index contributed by atoms with van der Waals surface area (Å²) in [6.45, 7) is 11.6. The van der Waals surface area contributed by atoms with Gasteiger partial charge in [0.2, 0.25) is 0 Å². The van der Waals surface area contributed by atoms with Crippen LogP contribution in [-0.2, 0) is 14.2 Å². The van der Waals surface area contributed by atoms with Crippen molar-refractivity contribution in [1.82, 2.24) is 10.2 Å². The Hall–Kier alpha value is 0.0169. The number of hydrogen-bond donors (Lipinski definition) is 1. The standard InChI is InChI=1S/C18H42N2O3Si/c1-6-21-13-9-10-17(16-19-4)20(5)12-15-24-14-11-18(22-7-2)23-8-3/h17-19H,6-16,24H2,1-5H3. The summed E-state index contributed by atoms with van der Waals surface area (Å²) in [5.41, 5.74) is 0. The topological polar surface area (TPSA) is 43.0 Å². The lowest BCUT2D eigenvalue weighted by Crippen LogP contribution is -2.40. The van der Waals surface area contributed by atoms with E-state index >= 15 is 0 Å². The van der Waals surface area contributed by atoms with E-state index < -0.39 is 0 Å². The molecule has 0 aromatic carbocycles. The predicted molar refractivity (Wildman–Crippen MR) is 106 cm³/mol. The van der Waals surface area contributed by atoms with Crippen LogP contribution in [0.3, 0.4) is 0 Å². The maximum Gasteiger partial charge on any atom is 0.157 e. The van der Waals surface area contributed by atoms with E-state index in [1.54, 1.807) is 0 Å². The molecule has 0 spiro atoms. The molecule has 0 aromatic heterocycles. The zero-order valence-electron chi connectivity index (χ0n) is 16.8. The molecule has 1 unspecified atom stereocenters. The summed E-state index contributed by atoms with van der Waals surface area (Å²) in [5, 5.41) is 3.33. The smallest absolute Gasteiger partial charge is 0.157 e. The molecule has 0 saturated carbocycles. The highest BCUT2D eigenvalue weighted by Crippen LogP contribution is 2.08. The van der Waals surface area contributed by atoms with Gasteiger partial charge in [0.25, 0.3) is 0 Å². The summed E-state index contributed by atoms with van der Waals surface area (Å²) >= 11 is 0. The lowest BCUT2D eigenvalue weighted by Gasteiger charge is -2.28. The molecule has 1 atom stereocenters. The maximum absolute atomic E-state index is 5.61. The zero-order chi connectivity index (χ0) is 18.0. The Morgan fingerprint density at radius 2 is 1.71 bits per heavy atom. The summed E-state index contributed by atoms with van der Waals surface area (Å²) in [6, 6.07) is 3.29. The van der Waals surface area contributed by atoms with E-state index in [1.807, 2.05) is 20.9 Å². The van der Waals surface area contributed by atoms with Gasteiger partial charge in [-0.1, -0.05) is 12.1 Å². The van der Waals surface area contributed by atoms with Crippen molar-refractivity contribution in [3.63, 3.8) is 0 Å². The van der Waals surface area contributed by atoms with E-state index in [0.717, 1.165) is 45.8 Å². The van der Waals surface area contributed by atoms with Gasteiger partial charge in [-0.15, -0.1) is 0 Å². The minimum Gasteiger partial charge on any atom is -0.382 e. The van der Waals surface area contributed by atoms with Crippen molar-refractivity contribution >= 4 is 9.52 Å². The SMILES string of the molecule is CCOCCCC(CNC)N(C)CC[SiH2]CCC(OCC)OCC. The van der Waals surface area contributed by atoms with E-state index in [2.05, 4.69) is 24.2 Å². The second-order valence-corrected chi connectivity index (χ2v) is 8.34. The highest BCUT2D eigenvalue weighted by molar-refractivity contribution is 6.35. The summed E-state index contributed by atoms with van der Waals surface area (Å²) in [7, 11) is 4.28. The van der Waals surface area contributed by atoms with E-state index in [1.165, 1.54) is 25.1 Å². The van der Waals surface area contributed by atoms with Gasteiger partial charge < -0.3 is 24.4 Å². The maximum atomic E-state index is 5.61. The van der Waals surface area contributed by atoms with Gasteiger partial charge in [-0.3, -0.25) is 0 Å². The van der Waals surface area contributed by atoms with Gasteiger partial charge in [0.05, 0.1) is 0 Å². The molecule has 146 valence electrons. The first-order valence-electron chi connectivity index (χ1n) is 9.85. The molecule has 6 heteroatoms. The summed E-state index contributed by atoms with van der Waals surface area (Å²) in [6.07, 6.45) is 3.43. The molecular weight excluding hydrogens is 320 g/mol. The fourth-order valence-corrected chi connectivity index (χ4v) is 4.60. The molecule has 0 aliphatic rings. The van der Waals surface area contributed by atoms with Crippen molar-refractivity contribution in [3.8, 4) is 0 Å². The minimum atomic E-state index is -0.0282. The van der Waals surface area contributed by atoms with E-state index in [9.17, 15) is 0 Å². The fraction of sp³-hybridized carbons (Fsp3) is 1.00. The predicted octanol–water partition coefficient (Wildman–Crippen LogP) is 2.12. The summed E-state index contributed by atoms with van der Waals surface area (Å²) < 4.78 is 16.7. The molecule has 24 heavy (non-hydrogen) atoms. The first-order chi connectivity index (χ1) is 11.7. The quantitative estimate of drug-likeness (QED) is 0.230. The van der Waals surface area contributed by atoms with Gasteiger partial charge >= 0.3 is 0 Å². The number of likely N-dealkylation sites (N-methyl/N-ethyl adjacent to an activating group) is 2. The van der Waals surface area contributed by atoms with E-state index in [4.69, 9.17) is 14.2 Å². The number of rotatable bonds is 18. The molecular formula is C18H42N2O3Si. The van der Waals surface area contributed by atoms with Gasteiger partial charge in [-0.2, -0.15) is 0 Å². The molecule has 0 aromatic rings. The zero-order valence-corrected chi connectivity index (χ0v) is 18.2. The monoisotopic (exact) mass is 362 g/mol. The normalized spacial score (nSPS) is 13.6. The van der Waals surface area contributed by atoms with Crippen LogP contribution in [-0.4, -0.2) is 80.4 Å². The van der Waals surface area contributed by atoms with Crippen LogP contribution in [0.15, 0.2) is 0 Å². The van der Waals surface area contributed by atoms with Crippen molar-refractivity contribution < 1.29 is 14.2 Å². The van der Waals surface area contributed by atoms with Gasteiger partial charge in [-0.25, -0.2) is 0 Å². The molecule has 5 nitrogen and oxygen atoms in total. The summed E-state index contributed by atoms with van der Waals surface area (Å²) in [5.74, 6) is 0. The largest absolute Gasteiger partial charge is 0.382 e. The minimum absolute atomic E-state index is 0.0147. The molecule has 0 fully saturated rings. The molecule has 0 aliphatic heterocycles. The molecule has 0 heterocycles. The number of nitrogens with one attached hydrogen (secondary N) is 1. The van der Waals surface area contributed by atoms with E-state index in [0.29, 0.717) is 6.04 Å². The Morgan fingerprint density at radius 3 is 2.29 bits per heavy atom. The average Bonchev–Trinajstić information content (AvgIpc) is 2.57. The van der Waals surface area contributed by atoms with Gasteiger partial charge in [-0.05, 0) is 60.7 Å². The second-order valence-electron chi connectivity index (χ2n) is 6.22. The lowest BCUT2D eigenvalue weighted by atomic mass is 10.1. The Labute approximate surface area is 152 Å². The summed E-state index contributed by atoms with van der Waals surface area (Å²) in [4.78, 5) is 2.53. The molecule has 0 aliphatic carbocycles. The van der Waals surface area contributed by atoms with Crippen molar-refractivity contribution in [1.29, 1.82) is 0 Å². The van der Waals surface area contributed by atoms with Crippen LogP contribution in [0.25, 0.3) is 0 Å². The third-order valence-corrected chi connectivity index (χ3v) is 5.97. The van der Waals surface area contributed by atoms with Crippen LogP contribution in [0.5, 0.6) is 0 Å². The Morgan fingerprint density at radius 1 is 1.00 bits per heavy atom. The van der Waals surface area contributed by atoms with Crippen LogP contribution in [0.2, 0.25) is 12.1 Å². The number of ether oxygens (including phenoxy) is 3. The molecule has 0 saturated heterocycles. The van der Waals surface area contributed by atoms with Crippen LogP contribution in [0.4, 0.5) is 0 Å². The Bertz CT molecular complexity index is 254. The van der Waals surface area contributed by atoms with Crippen LogP contribution in [0, 0.1) is 0 Å². The van der Waals surface area contributed by atoms with Crippen LogP contribution >= 0.6 is 0 Å². The first kappa shape index (κ1) is 24.0. The number of hydrogen-bond acceptors (Lipinski definition) is 5. The molecule has 1 N–H and O–H groups in total. The molecule has 0 rings (SSSR count). The second kappa shape index (κ2) is 17.8. The third kappa shape index (κ3) is 13.3. The van der Waals surface area contributed by atoms with Gasteiger partial charge in [0.15, 0.2) is 6.29 Å². The van der Waals surface area contributed by atoms with Crippen LogP contribution < -0.4 is 5.32 Å². The van der Waals surface area contributed by atoms with Crippen molar-refractivity contribution in [2.75, 3.05) is 53.6 Å². The number of nitrogens with zero attached hydrogens (tertiary/aromatic N) is 1. The van der Waals surface area contributed by atoms with Gasteiger partial charge in [0, 0.05) is 48.5 Å². The first-order valence-corrected chi connectivity index (χ1v) is 11.8. The van der Waals surface area contributed by atoms with Crippen molar-refractivity contribution in [2.45, 2.75) is 64.5 Å². The Kier molecular flexibility index (Phi) is 17.8. The van der Waals surface area contributed by atoms with Crippen LogP contribution in [0.1, 0.15) is 40.0 Å². The molecule has 0 amide bonds. The average molecular weight is 363 g/mol. The Balaban J connectivity index is 3.86. The lowest BCUT2D eigenvalue weighted by molar-refractivity contribution is -0.136. The highest BCUT2D eigenvalue weighted by Gasteiger charge is 2.13. The van der Waals surface area contributed by atoms with Crippen molar-refractivity contribution in [3.05, 3.63) is 0 Å².